The van der Waals surface area contributed by atoms with Crippen LogP contribution in [-0.4, -0.2) is 31.7 Å². The predicted molar refractivity (Wildman–Crippen MR) is 62.1 cm³/mol. The molecule has 5 nitrogen and oxygen atoms in total. The number of hydrogen-bond donors (Lipinski definition) is 2. The summed E-state index contributed by atoms with van der Waals surface area (Å²) in [6.45, 7) is 6.54. The molecule has 0 saturated heterocycles. The molecule has 0 aromatic rings. The maximum Gasteiger partial charge on any atom is 0.328 e. The molecule has 2 amide bonds. The third-order valence-electron chi connectivity index (χ3n) is 2.03. The van der Waals surface area contributed by atoms with E-state index in [4.69, 9.17) is 0 Å². The van der Waals surface area contributed by atoms with Crippen molar-refractivity contribution in [1.82, 2.24) is 10.6 Å². The number of amides is 2. The van der Waals surface area contributed by atoms with E-state index in [2.05, 4.69) is 15.4 Å². The Kier molecular flexibility index (Phi) is 7.33. The fourth-order valence-electron chi connectivity index (χ4n) is 1.28. The molecular formula is C11H22N2O3. The Hall–Kier alpha value is -1.26. The SMILES string of the molecule is CCCNC(=O)NC(CC(C)C)C(=O)OC. The summed E-state index contributed by atoms with van der Waals surface area (Å²) in [6, 6.07) is -0.889. The van der Waals surface area contributed by atoms with E-state index in [9.17, 15) is 9.59 Å². The minimum Gasteiger partial charge on any atom is -0.467 e. The molecule has 0 aliphatic carbocycles. The first-order valence-corrected chi connectivity index (χ1v) is 5.63. The Morgan fingerprint density at radius 1 is 1.31 bits per heavy atom. The Morgan fingerprint density at radius 3 is 2.38 bits per heavy atom. The van der Waals surface area contributed by atoms with Crippen molar-refractivity contribution in [3.05, 3.63) is 0 Å². The molecule has 0 rings (SSSR count). The van der Waals surface area contributed by atoms with Gasteiger partial charge in [-0.3, -0.25) is 0 Å². The predicted octanol–water partition coefficient (Wildman–Crippen LogP) is 1.28. The fraction of sp³-hybridized carbons (Fsp3) is 0.818. The van der Waals surface area contributed by atoms with Crippen molar-refractivity contribution >= 4 is 12.0 Å². The number of hydrogen-bond acceptors (Lipinski definition) is 3. The molecule has 0 aromatic carbocycles. The van der Waals surface area contributed by atoms with E-state index in [-0.39, 0.29) is 6.03 Å². The van der Waals surface area contributed by atoms with Gasteiger partial charge >= 0.3 is 12.0 Å². The Balaban J connectivity index is 4.19. The van der Waals surface area contributed by atoms with E-state index in [1.165, 1.54) is 7.11 Å². The zero-order chi connectivity index (χ0) is 12.6. The van der Waals surface area contributed by atoms with Gasteiger partial charge in [-0.1, -0.05) is 20.8 Å². The van der Waals surface area contributed by atoms with Gasteiger partial charge in [0.05, 0.1) is 7.11 Å². The molecule has 0 spiro atoms. The van der Waals surface area contributed by atoms with Crippen LogP contribution in [-0.2, 0) is 9.53 Å². The van der Waals surface area contributed by atoms with Crippen molar-refractivity contribution in [3.63, 3.8) is 0 Å². The lowest BCUT2D eigenvalue weighted by Crippen LogP contribution is -2.47. The maximum atomic E-state index is 11.4. The normalized spacial score (nSPS) is 12.1. The molecule has 0 aromatic heterocycles. The second-order valence-corrected chi connectivity index (χ2v) is 4.11. The van der Waals surface area contributed by atoms with Gasteiger partial charge in [-0.2, -0.15) is 0 Å². The molecule has 0 aliphatic rings. The monoisotopic (exact) mass is 230 g/mol. The van der Waals surface area contributed by atoms with E-state index in [1.54, 1.807) is 0 Å². The first kappa shape index (κ1) is 14.7. The summed E-state index contributed by atoms with van der Waals surface area (Å²) in [6.07, 6.45) is 1.44. The molecule has 16 heavy (non-hydrogen) atoms. The highest BCUT2D eigenvalue weighted by atomic mass is 16.5. The molecular weight excluding hydrogens is 208 g/mol. The third kappa shape index (κ3) is 6.27. The second-order valence-electron chi connectivity index (χ2n) is 4.11. The van der Waals surface area contributed by atoms with Crippen molar-refractivity contribution in [3.8, 4) is 0 Å². The lowest BCUT2D eigenvalue weighted by Gasteiger charge is -2.18. The molecule has 0 bridgehead atoms. The largest absolute Gasteiger partial charge is 0.467 e. The summed E-state index contributed by atoms with van der Waals surface area (Å²) in [4.78, 5) is 22.8. The minimum atomic E-state index is -0.568. The standard InChI is InChI=1S/C11H22N2O3/c1-5-6-12-11(15)13-9(7-8(2)3)10(14)16-4/h8-9H,5-7H2,1-4H3,(H2,12,13,15). The highest BCUT2D eigenvalue weighted by Crippen LogP contribution is 2.05. The van der Waals surface area contributed by atoms with Gasteiger partial charge in [0, 0.05) is 6.54 Å². The smallest absolute Gasteiger partial charge is 0.328 e. The van der Waals surface area contributed by atoms with Crippen molar-refractivity contribution in [1.29, 1.82) is 0 Å². The molecule has 2 N–H and O–H groups in total. The number of urea groups is 1. The molecule has 1 atom stereocenters. The zero-order valence-electron chi connectivity index (χ0n) is 10.5. The van der Waals surface area contributed by atoms with Gasteiger partial charge in [-0.25, -0.2) is 9.59 Å². The van der Waals surface area contributed by atoms with Crippen LogP contribution < -0.4 is 10.6 Å². The van der Waals surface area contributed by atoms with Gasteiger partial charge in [-0.05, 0) is 18.8 Å². The Labute approximate surface area is 96.9 Å². The Bertz CT molecular complexity index is 229. The highest BCUT2D eigenvalue weighted by molar-refractivity contribution is 5.83. The van der Waals surface area contributed by atoms with Gasteiger partial charge in [0.1, 0.15) is 6.04 Å². The van der Waals surface area contributed by atoms with Crippen LogP contribution in [0.5, 0.6) is 0 Å². The fourth-order valence-corrected chi connectivity index (χ4v) is 1.28. The van der Waals surface area contributed by atoms with Gasteiger partial charge < -0.3 is 15.4 Å². The van der Waals surface area contributed by atoms with E-state index in [0.29, 0.717) is 18.9 Å². The van der Waals surface area contributed by atoms with Crippen LogP contribution in [0, 0.1) is 5.92 Å². The number of nitrogens with one attached hydrogen (secondary N) is 2. The molecule has 0 fully saturated rings. The topological polar surface area (TPSA) is 67.4 Å². The van der Waals surface area contributed by atoms with Crippen molar-refractivity contribution in [2.24, 2.45) is 5.92 Å². The summed E-state index contributed by atoms with van der Waals surface area (Å²) < 4.78 is 4.64. The van der Waals surface area contributed by atoms with E-state index < -0.39 is 12.0 Å². The maximum absolute atomic E-state index is 11.4. The van der Waals surface area contributed by atoms with Gasteiger partial charge in [-0.15, -0.1) is 0 Å². The van der Waals surface area contributed by atoms with Crippen molar-refractivity contribution < 1.29 is 14.3 Å². The first-order valence-electron chi connectivity index (χ1n) is 5.63. The minimum absolute atomic E-state index is 0.315. The molecule has 0 aliphatic heterocycles. The van der Waals surface area contributed by atoms with Crippen LogP contribution in [0.1, 0.15) is 33.6 Å². The highest BCUT2D eigenvalue weighted by Gasteiger charge is 2.22. The second kappa shape index (κ2) is 7.96. The summed E-state index contributed by atoms with van der Waals surface area (Å²) in [5.41, 5.74) is 0. The first-order chi connectivity index (χ1) is 7.51. The van der Waals surface area contributed by atoms with Crippen molar-refractivity contribution in [2.45, 2.75) is 39.7 Å². The summed E-state index contributed by atoms with van der Waals surface area (Å²) >= 11 is 0. The molecule has 1 unspecified atom stereocenters. The summed E-state index contributed by atoms with van der Waals surface area (Å²) in [5.74, 6) is -0.0871. The lowest BCUT2D eigenvalue weighted by molar-refractivity contribution is -0.143. The van der Waals surface area contributed by atoms with Crippen LogP contribution in [0.2, 0.25) is 0 Å². The molecule has 0 heterocycles. The van der Waals surface area contributed by atoms with Gasteiger partial charge in [0.15, 0.2) is 0 Å². The average molecular weight is 230 g/mol. The number of ether oxygens (including phenoxy) is 1. The molecule has 0 radical (unpaired) electrons. The summed E-state index contributed by atoms with van der Waals surface area (Å²) in [5, 5.41) is 5.27. The van der Waals surface area contributed by atoms with Crippen LogP contribution >= 0.6 is 0 Å². The van der Waals surface area contributed by atoms with Gasteiger partial charge in [0.25, 0.3) is 0 Å². The van der Waals surface area contributed by atoms with Gasteiger partial charge in [0.2, 0.25) is 0 Å². The summed E-state index contributed by atoms with van der Waals surface area (Å²) in [7, 11) is 1.32. The van der Waals surface area contributed by atoms with E-state index >= 15 is 0 Å². The average Bonchev–Trinajstić information content (AvgIpc) is 2.23. The van der Waals surface area contributed by atoms with E-state index in [0.717, 1.165) is 6.42 Å². The zero-order valence-corrected chi connectivity index (χ0v) is 10.5. The third-order valence-corrected chi connectivity index (χ3v) is 2.03. The quantitative estimate of drug-likeness (QED) is 0.675. The van der Waals surface area contributed by atoms with E-state index in [1.807, 2.05) is 20.8 Å². The van der Waals surface area contributed by atoms with Crippen LogP contribution in [0.4, 0.5) is 4.79 Å². The lowest BCUT2D eigenvalue weighted by atomic mass is 10.0. The Morgan fingerprint density at radius 2 is 1.94 bits per heavy atom. The number of carbonyl (C=O) groups excluding carboxylic acids is 2. The van der Waals surface area contributed by atoms with Crippen LogP contribution in [0.3, 0.4) is 0 Å². The molecule has 0 saturated carbocycles. The van der Waals surface area contributed by atoms with Crippen LogP contribution in [0.25, 0.3) is 0 Å². The van der Waals surface area contributed by atoms with Crippen LogP contribution in [0.15, 0.2) is 0 Å². The number of esters is 1. The number of rotatable bonds is 6. The van der Waals surface area contributed by atoms with Crippen molar-refractivity contribution in [2.75, 3.05) is 13.7 Å². The number of methoxy groups -OCH3 is 1. The molecule has 5 heteroatoms. The number of carbonyl (C=O) groups is 2. The molecule has 94 valence electrons.